The second-order valence-electron chi connectivity index (χ2n) is 5.95. The van der Waals surface area contributed by atoms with E-state index >= 15 is 0 Å². The summed E-state index contributed by atoms with van der Waals surface area (Å²) >= 11 is 0. The van der Waals surface area contributed by atoms with Crippen LogP contribution in [0.5, 0.6) is 0 Å². The summed E-state index contributed by atoms with van der Waals surface area (Å²) in [5, 5.41) is 3.66. The van der Waals surface area contributed by atoms with Gasteiger partial charge in [-0.1, -0.05) is 6.07 Å². The Morgan fingerprint density at radius 3 is 2.78 bits per heavy atom. The van der Waals surface area contributed by atoms with Crippen LogP contribution in [0.15, 0.2) is 18.2 Å². The molecule has 0 amide bonds. The van der Waals surface area contributed by atoms with Crippen molar-refractivity contribution < 1.29 is 4.74 Å². The molecule has 0 atom stereocenters. The van der Waals surface area contributed by atoms with Crippen LogP contribution in [-0.2, 0) is 11.2 Å². The third-order valence-electron chi connectivity index (χ3n) is 3.96. The SMILES string of the molecule is CC1(C)CCc2ccc(N3CCOCC3)cc2N1. The maximum atomic E-state index is 5.41. The second kappa shape index (κ2) is 4.47. The van der Waals surface area contributed by atoms with Crippen LogP contribution >= 0.6 is 0 Å². The van der Waals surface area contributed by atoms with E-state index in [2.05, 4.69) is 42.3 Å². The molecule has 1 saturated heterocycles. The fraction of sp³-hybridized carbons (Fsp3) is 0.600. The Balaban J connectivity index is 1.85. The van der Waals surface area contributed by atoms with E-state index in [4.69, 9.17) is 4.74 Å². The van der Waals surface area contributed by atoms with Crippen LogP contribution in [0, 0.1) is 0 Å². The van der Waals surface area contributed by atoms with Gasteiger partial charge in [0.05, 0.1) is 13.2 Å². The molecule has 2 heterocycles. The highest BCUT2D eigenvalue weighted by molar-refractivity contribution is 5.64. The molecule has 18 heavy (non-hydrogen) atoms. The van der Waals surface area contributed by atoms with Crippen LogP contribution in [-0.4, -0.2) is 31.8 Å². The number of anilines is 2. The van der Waals surface area contributed by atoms with Crippen molar-refractivity contribution in [2.45, 2.75) is 32.2 Å². The molecule has 0 bridgehead atoms. The standard InChI is InChI=1S/C15H22N2O/c1-15(2)6-5-12-3-4-13(11-14(12)16-15)17-7-9-18-10-8-17/h3-4,11,16H,5-10H2,1-2H3. The average Bonchev–Trinajstić information content (AvgIpc) is 2.38. The van der Waals surface area contributed by atoms with Crippen LogP contribution in [0.2, 0.25) is 0 Å². The molecule has 0 saturated carbocycles. The zero-order valence-corrected chi connectivity index (χ0v) is 11.3. The molecular formula is C15H22N2O. The first-order chi connectivity index (χ1) is 8.64. The summed E-state index contributed by atoms with van der Waals surface area (Å²) in [6, 6.07) is 6.84. The van der Waals surface area contributed by atoms with Crippen molar-refractivity contribution in [1.82, 2.24) is 0 Å². The number of benzene rings is 1. The van der Waals surface area contributed by atoms with Gasteiger partial charge in [0, 0.05) is 30.0 Å². The minimum atomic E-state index is 0.219. The third kappa shape index (κ3) is 2.32. The number of hydrogen-bond donors (Lipinski definition) is 1. The summed E-state index contributed by atoms with van der Waals surface area (Å²) in [4.78, 5) is 2.41. The number of ether oxygens (including phenoxy) is 1. The van der Waals surface area contributed by atoms with Crippen molar-refractivity contribution >= 4 is 11.4 Å². The molecule has 98 valence electrons. The molecular weight excluding hydrogens is 224 g/mol. The maximum Gasteiger partial charge on any atom is 0.0642 e. The Morgan fingerprint density at radius 2 is 2.00 bits per heavy atom. The van der Waals surface area contributed by atoms with Gasteiger partial charge in [-0.25, -0.2) is 0 Å². The van der Waals surface area contributed by atoms with Gasteiger partial charge in [-0.05, 0) is 44.4 Å². The lowest BCUT2D eigenvalue weighted by atomic mass is 9.89. The first-order valence-corrected chi connectivity index (χ1v) is 6.88. The fourth-order valence-electron chi connectivity index (χ4n) is 2.79. The van der Waals surface area contributed by atoms with Crippen LogP contribution in [0.1, 0.15) is 25.8 Å². The molecule has 3 nitrogen and oxygen atoms in total. The Morgan fingerprint density at radius 1 is 1.22 bits per heavy atom. The first-order valence-electron chi connectivity index (χ1n) is 6.88. The number of aryl methyl sites for hydroxylation is 1. The summed E-state index contributed by atoms with van der Waals surface area (Å²) in [7, 11) is 0. The van der Waals surface area contributed by atoms with Gasteiger partial charge in [0.25, 0.3) is 0 Å². The van der Waals surface area contributed by atoms with Gasteiger partial charge in [-0.2, -0.15) is 0 Å². The molecule has 1 aromatic carbocycles. The molecule has 0 aromatic heterocycles. The maximum absolute atomic E-state index is 5.41. The third-order valence-corrected chi connectivity index (χ3v) is 3.96. The van der Waals surface area contributed by atoms with E-state index < -0.39 is 0 Å². The van der Waals surface area contributed by atoms with E-state index in [0.717, 1.165) is 26.3 Å². The predicted octanol–water partition coefficient (Wildman–Crippen LogP) is 2.66. The number of nitrogens with zero attached hydrogens (tertiary/aromatic N) is 1. The van der Waals surface area contributed by atoms with Crippen molar-refractivity contribution in [3.05, 3.63) is 23.8 Å². The van der Waals surface area contributed by atoms with Gasteiger partial charge in [0.1, 0.15) is 0 Å². The summed E-state index contributed by atoms with van der Waals surface area (Å²) in [6.07, 6.45) is 2.38. The Kier molecular flexibility index (Phi) is 2.94. The minimum Gasteiger partial charge on any atom is -0.380 e. The molecule has 2 aliphatic rings. The Labute approximate surface area is 109 Å². The van der Waals surface area contributed by atoms with E-state index in [1.54, 1.807) is 0 Å². The topological polar surface area (TPSA) is 24.5 Å². The van der Waals surface area contributed by atoms with Crippen LogP contribution in [0.4, 0.5) is 11.4 Å². The summed E-state index contributed by atoms with van der Waals surface area (Å²) < 4.78 is 5.41. The van der Waals surface area contributed by atoms with Crippen molar-refractivity contribution in [3.63, 3.8) is 0 Å². The normalized spacial score (nSPS) is 22.2. The molecule has 0 unspecified atom stereocenters. The smallest absolute Gasteiger partial charge is 0.0642 e. The molecule has 3 rings (SSSR count). The Hall–Kier alpha value is -1.22. The van der Waals surface area contributed by atoms with Gasteiger partial charge in [0.2, 0.25) is 0 Å². The predicted molar refractivity (Wildman–Crippen MR) is 75.5 cm³/mol. The molecule has 1 N–H and O–H groups in total. The Bertz CT molecular complexity index is 436. The molecule has 0 aliphatic carbocycles. The highest BCUT2D eigenvalue weighted by atomic mass is 16.5. The number of rotatable bonds is 1. The molecule has 1 fully saturated rings. The lowest BCUT2D eigenvalue weighted by Gasteiger charge is -2.35. The summed E-state index contributed by atoms with van der Waals surface area (Å²) in [6.45, 7) is 8.24. The van der Waals surface area contributed by atoms with Gasteiger partial charge < -0.3 is 15.0 Å². The van der Waals surface area contributed by atoms with Gasteiger partial charge in [-0.3, -0.25) is 0 Å². The number of morpholine rings is 1. The van der Waals surface area contributed by atoms with Crippen molar-refractivity contribution in [2.24, 2.45) is 0 Å². The van der Waals surface area contributed by atoms with E-state index in [1.165, 1.54) is 29.8 Å². The van der Waals surface area contributed by atoms with Gasteiger partial charge in [0.15, 0.2) is 0 Å². The van der Waals surface area contributed by atoms with Gasteiger partial charge in [-0.15, -0.1) is 0 Å². The van der Waals surface area contributed by atoms with Crippen molar-refractivity contribution in [2.75, 3.05) is 36.5 Å². The molecule has 3 heteroatoms. The molecule has 2 aliphatic heterocycles. The number of hydrogen-bond acceptors (Lipinski definition) is 3. The van der Waals surface area contributed by atoms with Crippen molar-refractivity contribution in [3.8, 4) is 0 Å². The lowest BCUT2D eigenvalue weighted by molar-refractivity contribution is 0.122. The zero-order chi connectivity index (χ0) is 12.6. The van der Waals surface area contributed by atoms with E-state index in [-0.39, 0.29) is 5.54 Å². The first kappa shape index (κ1) is 11.8. The van der Waals surface area contributed by atoms with E-state index in [9.17, 15) is 0 Å². The summed E-state index contributed by atoms with van der Waals surface area (Å²) in [5.41, 5.74) is 4.31. The molecule has 0 radical (unpaired) electrons. The van der Waals surface area contributed by atoms with Crippen LogP contribution in [0.3, 0.4) is 0 Å². The minimum absolute atomic E-state index is 0.219. The lowest BCUT2D eigenvalue weighted by Crippen LogP contribution is -2.37. The van der Waals surface area contributed by atoms with E-state index in [0.29, 0.717) is 0 Å². The number of fused-ring (bicyclic) bond motifs is 1. The van der Waals surface area contributed by atoms with Crippen LogP contribution < -0.4 is 10.2 Å². The summed E-state index contributed by atoms with van der Waals surface area (Å²) in [5.74, 6) is 0. The fourth-order valence-corrected chi connectivity index (χ4v) is 2.79. The molecule has 0 spiro atoms. The zero-order valence-electron chi connectivity index (χ0n) is 11.3. The molecule has 1 aromatic rings. The van der Waals surface area contributed by atoms with Gasteiger partial charge >= 0.3 is 0 Å². The van der Waals surface area contributed by atoms with Crippen molar-refractivity contribution in [1.29, 1.82) is 0 Å². The average molecular weight is 246 g/mol. The van der Waals surface area contributed by atoms with E-state index in [1.807, 2.05) is 0 Å². The monoisotopic (exact) mass is 246 g/mol. The largest absolute Gasteiger partial charge is 0.380 e. The second-order valence-corrected chi connectivity index (χ2v) is 5.95. The highest BCUT2D eigenvalue weighted by Crippen LogP contribution is 2.33. The quantitative estimate of drug-likeness (QED) is 0.824. The highest BCUT2D eigenvalue weighted by Gasteiger charge is 2.24. The number of nitrogens with one attached hydrogen (secondary N) is 1. The van der Waals surface area contributed by atoms with Crippen LogP contribution in [0.25, 0.3) is 0 Å².